The summed E-state index contributed by atoms with van der Waals surface area (Å²) < 4.78 is 5.38. The molecule has 1 fully saturated rings. The van der Waals surface area contributed by atoms with Gasteiger partial charge in [-0.05, 0) is 44.0 Å². The highest BCUT2D eigenvalue weighted by Gasteiger charge is 2.64. The first-order valence-electron chi connectivity index (χ1n) is 11.2. The standard InChI is InChI=1S/C24H28N2O8/c1-4-26(5-2)18-12-9-10-8-11-14(34-3)7-6-13(27)16(11)19(28)15(10)21(30)24(12,33)22(31)17(20(18)29)23(25)32/h6-7,10,12,18,27-28,31,33H,4-5,8-9H2,1-3H3,(H2,25,32)/t10-,12-,18-,24-/m0/s1. The molecule has 1 aromatic rings. The lowest BCUT2D eigenvalue weighted by atomic mass is 9.57. The molecule has 0 aromatic heterocycles. The fourth-order valence-electron chi connectivity index (χ4n) is 5.85. The monoisotopic (exact) mass is 472 g/mol. The number of aromatic hydroxyl groups is 1. The minimum absolute atomic E-state index is 0.00627. The highest BCUT2D eigenvalue weighted by atomic mass is 16.5. The molecule has 10 nitrogen and oxygen atoms in total. The number of amides is 1. The molecule has 4 rings (SSSR count). The molecule has 0 heterocycles. The van der Waals surface area contributed by atoms with Crippen LogP contribution in [0.25, 0.3) is 5.76 Å². The van der Waals surface area contributed by atoms with Crippen LogP contribution in [0.4, 0.5) is 0 Å². The molecule has 6 N–H and O–H groups in total. The molecule has 34 heavy (non-hydrogen) atoms. The molecule has 0 unspecified atom stereocenters. The van der Waals surface area contributed by atoms with Crippen LogP contribution in [0.2, 0.25) is 0 Å². The van der Waals surface area contributed by atoms with Gasteiger partial charge in [-0.3, -0.25) is 19.3 Å². The molecule has 10 heteroatoms. The van der Waals surface area contributed by atoms with Crippen LogP contribution in [0.3, 0.4) is 0 Å². The molecule has 1 aromatic carbocycles. The molecule has 1 amide bonds. The van der Waals surface area contributed by atoms with Crippen molar-refractivity contribution in [3.05, 3.63) is 40.2 Å². The minimum atomic E-state index is -2.64. The zero-order chi connectivity index (χ0) is 25.1. The molecule has 0 aliphatic heterocycles. The van der Waals surface area contributed by atoms with Gasteiger partial charge in [-0.2, -0.15) is 0 Å². The van der Waals surface area contributed by atoms with E-state index in [0.29, 0.717) is 24.4 Å². The van der Waals surface area contributed by atoms with E-state index in [9.17, 15) is 34.8 Å². The second kappa shape index (κ2) is 8.14. The van der Waals surface area contributed by atoms with Crippen molar-refractivity contribution in [2.24, 2.45) is 17.6 Å². The number of Topliss-reactive ketones (excluding diaryl/α,β-unsaturated/α-hetero) is 2. The zero-order valence-electron chi connectivity index (χ0n) is 19.2. The maximum absolute atomic E-state index is 13.8. The topological polar surface area (TPSA) is 171 Å². The number of hydrogen-bond donors (Lipinski definition) is 5. The average Bonchev–Trinajstić information content (AvgIpc) is 2.78. The fraction of sp³-hybridized carbons (Fsp3) is 0.458. The smallest absolute Gasteiger partial charge is 0.255 e. The molecule has 182 valence electrons. The SMILES string of the molecule is CCN(CC)[C@@H]1C(=O)C(C(N)=O)=C(O)[C@@]2(O)C(=O)C3=C(O)c4c(O)ccc(OC)c4C[C@H]3C[C@@H]12. The summed E-state index contributed by atoms with van der Waals surface area (Å²) in [6.07, 6.45) is 0.236. The van der Waals surface area contributed by atoms with E-state index >= 15 is 0 Å². The zero-order valence-corrected chi connectivity index (χ0v) is 19.2. The van der Waals surface area contributed by atoms with Crippen LogP contribution in [-0.4, -0.2) is 74.6 Å². The summed E-state index contributed by atoms with van der Waals surface area (Å²) in [5.41, 5.74) is 2.22. The summed E-state index contributed by atoms with van der Waals surface area (Å²) in [5.74, 6) is -6.26. The number of fused-ring (bicyclic) bond motifs is 3. The van der Waals surface area contributed by atoms with E-state index in [0.717, 1.165) is 0 Å². The third kappa shape index (κ3) is 2.98. The summed E-state index contributed by atoms with van der Waals surface area (Å²) in [6, 6.07) is 1.78. The van der Waals surface area contributed by atoms with Gasteiger partial charge in [0.15, 0.2) is 11.4 Å². The van der Waals surface area contributed by atoms with Crippen molar-refractivity contribution >= 4 is 23.2 Å². The number of aliphatic hydroxyl groups is 3. The Balaban J connectivity index is 1.98. The van der Waals surface area contributed by atoms with Gasteiger partial charge in [0, 0.05) is 17.1 Å². The van der Waals surface area contributed by atoms with Crippen molar-refractivity contribution in [1.29, 1.82) is 0 Å². The molecule has 0 radical (unpaired) electrons. The first-order valence-corrected chi connectivity index (χ1v) is 11.2. The number of hydrogen-bond acceptors (Lipinski definition) is 9. The average molecular weight is 472 g/mol. The fourth-order valence-corrected chi connectivity index (χ4v) is 5.85. The predicted octanol–water partition coefficient (Wildman–Crippen LogP) is 0.753. The molecule has 0 bridgehead atoms. The number of ketones is 2. The third-order valence-electron chi connectivity index (χ3n) is 7.43. The Kier molecular flexibility index (Phi) is 5.69. The van der Waals surface area contributed by atoms with E-state index in [4.69, 9.17) is 10.5 Å². The summed E-state index contributed by atoms with van der Waals surface area (Å²) in [7, 11) is 1.44. The number of rotatable bonds is 5. The van der Waals surface area contributed by atoms with Gasteiger partial charge >= 0.3 is 0 Å². The molecule has 4 atom stereocenters. The van der Waals surface area contributed by atoms with E-state index in [2.05, 4.69) is 0 Å². The Hall–Kier alpha value is -3.37. The van der Waals surface area contributed by atoms with Crippen molar-refractivity contribution in [3.63, 3.8) is 0 Å². The van der Waals surface area contributed by atoms with Gasteiger partial charge in [-0.15, -0.1) is 0 Å². The van der Waals surface area contributed by atoms with Crippen LogP contribution < -0.4 is 10.5 Å². The number of carbonyl (C=O) groups is 3. The predicted molar refractivity (Wildman–Crippen MR) is 120 cm³/mol. The first-order chi connectivity index (χ1) is 16.0. The number of benzene rings is 1. The quantitative estimate of drug-likeness (QED) is 0.388. The number of primary amides is 1. The molecule has 3 aliphatic rings. The molecule has 0 spiro atoms. The summed E-state index contributed by atoms with van der Waals surface area (Å²) in [6.45, 7) is 4.35. The normalized spacial score (nSPS) is 28.6. The number of ether oxygens (including phenoxy) is 1. The van der Waals surface area contributed by atoms with Crippen molar-refractivity contribution in [2.75, 3.05) is 20.2 Å². The van der Waals surface area contributed by atoms with Crippen LogP contribution >= 0.6 is 0 Å². The number of phenolic OH excluding ortho intramolecular Hbond substituents is 1. The van der Waals surface area contributed by atoms with Crippen molar-refractivity contribution < 1.29 is 39.5 Å². The molecule has 0 saturated heterocycles. The largest absolute Gasteiger partial charge is 0.508 e. The highest BCUT2D eigenvalue weighted by molar-refractivity contribution is 6.24. The lowest BCUT2D eigenvalue weighted by Gasteiger charge is -2.51. The Morgan fingerprint density at radius 3 is 2.41 bits per heavy atom. The second-order valence-electron chi connectivity index (χ2n) is 8.86. The molecular weight excluding hydrogens is 444 g/mol. The van der Waals surface area contributed by atoms with Gasteiger partial charge in [0.05, 0.1) is 18.7 Å². The van der Waals surface area contributed by atoms with Crippen LogP contribution in [0.5, 0.6) is 11.5 Å². The Bertz CT molecular complexity index is 1170. The van der Waals surface area contributed by atoms with Crippen LogP contribution in [-0.2, 0) is 20.8 Å². The van der Waals surface area contributed by atoms with E-state index in [1.165, 1.54) is 13.2 Å². The third-order valence-corrected chi connectivity index (χ3v) is 7.43. The van der Waals surface area contributed by atoms with Crippen LogP contribution in [0.15, 0.2) is 29.0 Å². The number of aliphatic hydroxyl groups excluding tert-OH is 2. The first kappa shape index (κ1) is 23.8. The highest BCUT2D eigenvalue weighted by Crippen LogP contribution is 2.53. The summed E-state index contributed by atoms with van der Waals surface area (Å²) in [5, 5.41) is 44.0. The van der Waals surface area contributed by atoms with Gasteiger partial charge in [0.25, 0.3) is 5.91 Å². The Morgan fingerprint density at radius 1 is 1.21 bits per heavy atom. The molecular formula is C24H28N2O8. The van der Waals surface area contributed by atoms with E-state index < -0.39 is 58.0 Å². The summed E-state index contributed by atoms with van der Waals surface area (Å²) >= 11 is 0. The number of phenols is 1. The lowest BCUT2D eigenvalue weighted by molar-refractivity contribution is -0.154. The Morgan fingerprint density at radius 2 is 1.85 bits per heavy atom. The number of nitrogens with two attached hydrogens (primary N) is 1. The molecule has 1 saturated carbocycles. The molecule has 3 aliphatic carbocycles. The van der Waals surface area contributed by atoms with Gasteiger partial charge in [0.2, 0.25) is 5.78 Å². The Labute approximate surface area is 195 Å². The number of nitrogens with zero attached hydrogens (tertiary/aromatic N) is 1. The summed E-state index contributed by atoms with van der Waals surface area (Å²) in [4.78, 5) is 40.9. The van der Waals surface area contributed by atoms with E-state index in [1.54, 1.807) is 24.8 Å². The van der Waals surface area contributed by atoms with Crippen molar-refractivity contribution in [2.45, 2.75) is 38.3 Å². The number of methoxy groups -OCH3 is 1. The second-order valence-corrected chi connectivity index (χ2v) is 8.86. The van der Waals surface area contributed by atoms with Crippen molar-refractivity contribution in [1.82, 2.24) is 4.90 Å². The number of likely N-dealkylation sites (N-methyl/N-ethyl adjacent to an activating group) is 1. The lowest BCUT2D eigenvalue weighted by Crippen LogP contribution is -2.66. The van der Waals surface area contributed by atoms with Crippen molar-refractivity contribution in [3.8, 4) is 11.5 Å². The van der Waals surface area contributed by atoms with Crippen LogP contribution in [0, 0.1) is 11.8 Å². The maximum Gasteiger partial charge on any atom is 0.255 e. The van der Waals surface area contributed by atoms with Gasteiger partial charge < -0.3 is 30.9 Å². The minimum Gasteiger partial charge on any atom is -0.508 e. The van der Waals surface area contributed by atoms with Gasteiger partial charge in [0.1, 0.15) is 28.6 Å². The van der Waals surface area contributed by atoms with Gasteiger partial charge in [-0.25, -0.2) is 0 Å². The van der Waals surface area contributed by atoms with Gasteiger partial charge in [-0.1, -0.05) is 13.8 Å². The van der Waals surface area contributed by atoms with Crippen LogP contribution in [0.1, 0.15) is 31.4 Å². The number of carbonyl (C=O) groups excluding carboxylic acids is 3. The van der Waals surface area contributed by atoms with E-state index in [-0.39, 0.29) is 29.7 Å². The maximum atomic E-state index is 13.8. The van der Waals surface area contributed by atoms with E-state index in [1.807, 2.05) is 0 Å².